The third-order valence-corrected chi connectivity index (χ3v) is 5.75. The second-order valence-electron chi connectivity index (χ2n) is 5.45. The van der Waals surface area contributed by atoms with Crippen molar-refractivity contribution in [2.24, 2.45) is 5.73 Å². The molecule has 2 unspecified atom stereocenters. The Hall–Kier alpha value is -0.820. The monoisotopic (exact) mass is 348 g/mol. The van der Waals surface area contributed by atoms with Gasteiger partial charge in [0.1, 0.15) is 5.75 Å². The number of nitrogens with two attached hydrogens (primary N) is 1. The molecule has 1 aliphatic rings. The average molecular weight is 349 g/mol. The van der Waals surface area contributed by atoms with E-state index in [1.54, 1.807) is 28.6 Å². The zero-order valence-corrected chi connectivity index (χ0v) is 14.7. The standard InChI is InChI=1S/C15H24N2O3S.ClH/c1-3-20-13-7-6-8-14(11-13)21(18,19)17-10-5-4-9-15(17)12(2)16;/h6-8,11-12,15H,3-5,9-10,16H2,1-2H3;1H. The van der Waals surface area contributed by atoms with Crippen LogP contribution in [0.25, 0.3) is 0 Å². The lowest BCUT2D eigenvalue weighted by atomic mass is 10.00. The van der Waals surface area contributed by atoms with Gasteiger partial charge in [0, 0.05) is 24.7 Å². The largest absolute Gasteiger partial charge is 0.494 e. The third kappa shape index (κ3) is 4.13. The van der Waals surface area contributed by atoms with Crippen molar-refractivity contribution in [1.82, 2.24) is 4.31 Å². The van der Waals surface area contributed by atoms with Crippen LogP contribution in [-0.2, 0) is 10.0 Å². The van der Waals surface area contributed by atoms with E-state index in [9.17, 15) is 8.42 Å². The topological polar surface area (TPSA) is 72.6 Å². The van der Waals surface area contributed by atoms with Crippen molar-refractivity contribution in [2.45, 2.75) is 50.1 Å². The number of ether oxygens (including phenoxy) is 1. The number of halogens is 1. The highest BCUT2D eigenvalue weighted by atomic mass is 35.5. The van der Waals surface area contributed by atoms with Gasteiger partial charge in [-0.3, -0.25) is 0 Å². The van der Waals surface area contributed by atoms with E-state index in [0.29, 0.717) is 18.9 Å². The van der Waals surface area contributed by atoms with Crippen LogP contribution in [0.3, 0.4) is 0 Å². The number of nitrogens with zero attached hydrogens (tertiary/aromatic N) is 1. The molecule has 1 aliphatic heterocycles. The Morgan fingerprint density at radius 1 is 1.41 bits per heavy atom. The fourth-order valence-electron chi connectivity index (χ4n) is 2.78. The Labute approximate surface area is 139 Å². The van der Waals surface area contributed by atoms with Gasteiger partial charge >= 0.3 is 0 Å². The van der Waals surface area contributed by atoms with E-state index in [1.165, 1.54) is 0 Å². The molecule has 0 radical (unpaired) electrons. The molecule has 0 spiro atoms. The molecular formula is C15H25ClN2O3S. The fourth-order valence-corrected chi connectivity index (χ4v) is 4.59. The van der Waals surface area contributed by atoms with Crippen LogP contribution in [0, 0.1) is 0 Å². The van der Waals surface area contributed by atoms with Crippen molar-refractivity contribution in [3.63, 3.8) is 0 Å². The number of rotatable bonds is 5. The second kappa shape index (κ2) is 8.15. The van der Waals surface area contributed by atoms with E-state index >= 15 is 0 Å². The number of hydrogen-bond acceptors (Lipinski definition) is 4. The minimum absolute atomic E-state index is 0. The van der Waals surface area contributed by atoms with Crippen molar-refractivity contribution in [1.29, 1.82) is 0 Å². The minimum Gasteiger partial charge on any atom is -0.494 e. The molecule has 1 aromatic carbocycles. The fraction of sp³-hybridized carbons (Fsp3) is 0.600. The van der Waals surface area contributed by atoms with Gasteiger partial charge in [-0.25, -0.2) is 8.42 Å². The summed E-state index contributed by atoms with van der Waals surface area (Å²) in [5, 5.41) is 0. The van der Waals surface area contributed by atoms with Gasteiger partial charge in [0.25, 0.3) is 0 Å². The summed E-state index contributed by atoms with van der Waals surface area (Å²) in [6, 6.07) is 6.38. The highest BCUT2D eigenvalue weighted by Crippen LogP contribution is 2.28. The number of sulfonamides is 1. The summed E-state index contributed by atoms with van der Waals surface area (Å²) in [4.78, 5) is 0.279. The van der Waals surface area contributed by atoms with Gasteiger partial charge in [-0.1, -0.05) is 12.5 Å². The Morgan fingerprint density at radius 3 is 2.77 bits per heavy atom. The smallest absolute Gasteiger partial charge is 0.243 e. The molecule has 5 nitrogen and oxygen atoms in total. The highest BCUT2D eigenvalue weighted by Gasteiger charge is 2.35. The summed E-state index contributed by atoms with van der Waals surface area (Å²) in [7, 11) is -3.52. The second-order valence-corrected chi connectivity index (χ2v) is 7.34. The third-order valence-electron chi connectivity index (χ3n) is 3.83. The maximum Gasteiger partial charge on any atom is 0.243 e. The summed E-state index contributed by atoms with van der Waals surface area (Å²) in [5.41, 5.74) is 5.98. The first-order chi connectivity index (χ1) is 9.96. The van der Waals surface area contributed by atoms with E-state index in [0.717, 1.165) is 19.3 Å². The Balaban J connectivity index is 0.00000242. The molecule has 1 heterocycles. The van der Waals surface area contributed by atoms with Crippen LogP contribution in [-0.4, -0.2) is 38.0 Å². The number of hydrogen-bond donors (Lipinski definition) is 1. The molecule has 2 atom stereocenters. The predicted molar refractivity (Wildman–Crippen MR) is 90.0 cm³/mol. The first kappa shape index (κ1) is 19.2. The molecule has 2 rings (SSSR count). The molecule has 0 saturated carbocycles. The van der Waals surface area contributed by atoms with Crippen molar-refractivity contribution < 1.29 is 13.2 Å². The zero-order valence-electron chi connectivity index (χ0n) is 13.1. The van der Waals surface area contributed by atoms with Gasteiger partial charge in [-0.2, -0.15) is 4.31 Å². The van der Waals surface area contributed by atoms with Crippen molar-refractivity contribution in [3.8, 4) is 5.75 Å². The van der Waals surface area contributed by atoms with Gasteiger partial charge < -0.3 is 10.5 Å². The predicted octanol–water partition coefficient (Wildman–Crippen LogP) is 2.40. The van der Waals surface area contributed by atoms with Gasteiger partial charge in [0.2, 0.25) is 10.0 Å². The molecular weight excluding hydrogens is 324 g/mol. The Kier molecular flexibility index (Phi) is 7.12. The van der Waals surface area contributed by atoms with Crippen molar-refractivity contribution in [2.75, 3.05) is 13.2 Å². The van der Waals surface area contributed by atoms with Gasteiger partial charge in [-0.15, -0.1) is 12.4 Å². The van der Waals surface area contributed by atoms with Crippen LogP contribution in [0.5, 0.6) is 5.75 Å². The van der Waals surface area contributed by atoms with E-state index in [2.05, 4.69) is 0 Å². The van der Waals surface area contributed by atoms with E-state index in [4.69, 9.17) is 10.5 Å². The highest BCUT2D eigenvalue weighted by molar-refractivity contribution is 7.89. The maximum atomic E-state index is 12.9. The maximum absolute atomic E-state index is 12.9. The summed E-state index contributed by atoms with van der Waals surface area (Å²) in [6.45, 7) is 4.79. The summed E-state index contributed by atoms with van der Waals surface area (Å²) in [6.07, 6.45) is 2.73. The van der Waals surface area contributed by atoms with Gasteiger partial charge in [0.15, 0.2) is 0 Å². The van der Waals surface area contributed by atoms with E-state index in [1.807, 2.05) is 13.8 Å². The molecule has 1 aromatic rings. The molecule has 0 amide bonds. The van der Waals surface area contributed by atoms with Crippen LogP contribution >= 0.6 is 12.4 Å². The lowest BCUT2D eigenvalue weighted by Crippen LogP contribution is -2.51. The van der Waals surface area contributed by atoms with Crippen LogP contribution in [0.2, 0.25) is 0 Å². The van der Waals surface area contributed by atoms with E-state index < -0.39 is 10.0 Å². The molecule has 0 aliphatic carbocycles. The summed E-state index contributed by atoms with van der Waals surface area (Å²) in [5.74, 6) is 0.577. The zero-order chi connectivity index (χ0) is 15.5. The number of piperidine rings is 1. The van der Waals surface area contributed by atoms with Gasteiger partial charge in [-0.05, 0) is 38.8 Å². The van der Waals surface area contributed by atoms with Crippen LogP contribution in [0.4, 0.5) is 0 Å². The Morgan fingerprint density at radius 2 is 2.14 bits per heavy atom. The molecule has 126 valence electrons. The molecule has 22 heavy (non-hydrogen) atoms. The van der Waals surface area contributed by atoms with Crippen LogP contribution in [0.15, 0.2) is 29.2 Å². The van der Waals surface area contributed by atoms with E-state index in [-0.39, 0.29) is 29.4 Å². The summed E-state index contributed by atoms with van der Waals surface area (Å²) < 4.78 is 32.7. The van der Waals surface area contributed by atoms with Crippen LogP contribution < -0.4 is 10.5 Å². The van der Waals surface area contributed by atoms with Gasteiger partial charge in [0.05, 0.1) is 11.5 Å². The van der Waals surface area contributed by atoms with Crippen LogP contribution in [0.1, 0.15) is 33.1 Å². The van der Waals surface area contributed by atoms with Crippen molar-refractivity contribution in [3.05, 3.63) is 24.3 Å². The lowest BCUT2D eigenvalue weighted by Gasteiger charge is -2.36. The molecule has 1 saturated heterocycles. The first-order valence-corrected chi connectivity index (χ1v) is 8.91. The molecule has 2 N–H and O–H groups in total. The molecule has 7 heteroatoms. The molecule has 0 bridgehead atoms. The number of benzene rings is 1. The lowest BCUT2D eigenvalue weighted by molar-refractivity contribution is 0.227. The molecule has 1 fully saturated rings. The quantitative estimate of drug-likeness (QED) is 0.886. The van der Waals surface area contributed by atoms with Crippen molar-refractivity contribution >= 4 is 22.4 Å². The summed E-state index contributed by atoms with van der Waals surface area (Å²) >= 11 is 0. The SMILES string of the molecule is CCOc1cccc(S(=O)(=O)N2CCCCC2C(C)N)c1.Cl. The first-order valence-electron chi connectivity index (χ1n) is 7.47. The average Bonchev–Trinajstić information content (AvgIpc) is 2.48. The Bertz CT molecular complexity index is 578. The molecule has 0 aromatic heterocycles. The normalized spacial score (nSPS) is 21.0. The minimum atomic E-state index is -3.52.